The lowest BCUT2D eigenvalue weighted by molar-refractivity contribution is 0.127. The monoisotopic (exact) mass is 358 g/mol. The molecule has 0 amide bonds. The van der Waals surface area contributed by atoms with Gasteiger partial charge in [0, 0.05) is 6.10 Å². The number of rotatable bonds is 12. The zero-order chi connectivity index (χ0) is 18.9. The highest BCUT2D eigenvalue weighted by Gasteiger charge is 2.39. The average molecular weight is 358 g/mol. The quantitative estimate of drug-likeness (QED) is 0.330. The number of fused-ring (bicyclic) bond motifs is 1. The maximum atomic E-state index is 6.45. The van der Waals surface area contributed by atoms with Crippen molar-refractivity contribution in [1.82, 2.24) is 0 Å². The van der Waals surface area contributed by atoms with Crippen LogP contribution in [-0.2, 0) is 22.2 Å². The first-order valence-electron chi connectivity index (χ1n) is 11.1. The van der Waals surface area contributed by atoms with Crippen LogP contribution in [0.1, 0.15) is 109 Å². The van der Waals surface area contributed by atoms with Gasteiger partial charge in [-0.15, -0.1) is 0 Å². The zero-order valence-electron chi connectivity index (χ0n) is 17.8. The molecule has 0 fully saturated rings. The van der Waals surface area contributed by atoms with Gasteiger partial charge in [0.15, 0.2) is 0 Å². The molecule has 1 heterocycles. The van der Waals surface area contributed by atoms with Crippen molar-refractivity contribution in [2.45, 2.75) is 111 Å². The van der Waals surface area contributed by atoms with Gasteiger partial charge < -0.3 is 9.31 Å². The molecule has 0 radical (unpaired) electrons. The van der Waals surface area contributed by atoms with Crippen molar-refractivity contribution in [2.75, 3.05) is 0 Å². The van der Waals surface area contributed by atoms with Gasteiger partial charge in [-0.05, 0) is 68.1 Å². The Kier molecular flexibility index (Phi) is 9.21. The first-order chi connectivity index (χ1) is 12.6. The molecule has 0 bridgehead atoms. The second-order valence-corrected chi connectivity index (χ2v) is 8.10. The van der Waals surface area contributed by atoms with Gasteiger partial charge >= 0.3 is 7.12 Å². The third-order valence-electron chi connectivity index (χ3n) is 5.31. The minimum absolute atomic E-state index is 0.177. The Morgan fingerprint density at radius 3 is 2.31 bits per heavy atom. The SMILES string of the molecule is CCCCC[C@@H]1OB(OC(C)C)c2c(CCCC)cc(CCCC)cc21. The Morgan fingerprint density at radius 2 is 1.65 bits per heavy atom. The molecule has 0 saturated heterocycles. The van der Waals surface area contributed by atoms with Crippen molar-refractivity contribution in [3.05, 3.63) is 28.8 Å². The Bertz CT molecular complexity index is 541. The number of benzene rings is 1. The van der Waals surface area contributed by atoms with Crippen LogP contribution in [0.4, 0.5) is 0 Å². The van der Waals surface area contributed by atoms with Crippen molar-refractivity contribution >= 4 is 12.6 Å². The Morgan fingerprint density at radius 1 is 0.962 bits per heavy atom. The Labute approximate surface area is 162 Å². The third-order valence-corrected chi connectivity index (χ3v) is 5.31. The maximum Gasteiger partial charge on any atom is 0.495 e. The van der Waals surface area contributed by atoms with Crippen LogP contribution < -0.4 is 5.46 Å². The molecule has 0 unspecified atom stereocenters. The fourth-order valence-corrected chi connectivity index (χ4v) is 3.90. The summed E-state index contributed by atoms with van der Waals surface area (Å²) < 4.78 is 12.6. The van der Waals surface area contributed by atoms with Crippen LogP contribution in [0.25, 0.3) is 0 Å². The molecule has 0 aromatic heterocycles. The van der Waals surface area contributed by atoms with Gasteiger partial charge in [0.1, 0.15) is 0 Å². The second kappa shape index (κ2) is 11.1. The molecule has 146 valence electrons. The van der Waals surface area contributed by atoms with Crippen LogP contribution in [-0.4, -0.2) is 13.2 Å². The van der Waals surface area contributed by atoms with E-state index in [0.29, 0.717) is 0 Å². The van der Waals surface area contributed by atoms with E-state index in [9.17, 15) is 0 Å². The molecule has 1 aromatic rings. The second-order valence-electron chi connectivity index (χ2n) is 8.10. The first kappa shape index (κ1) is 21.5. The molecule has 0 N–H and O–H groups in total. The average Bonchev–Trinajstić information content (AvgIpc) is 2.95. The van der Waals surface area contributed by atoms with Gasteiger partial charge in [0.25, 0.3) is 0 Å². The molecule has 1 atom stereocenters. The molecular formula is C23H39BO2. The number of hydrogen-bond acceptors (Lipinski definition) is 2. The van der Waals surface area contributed by atoms with Gasteiger partial charge in [0.2, 0.25) is 0 Å². The summed E-state index contributed by atoms with van der Waals surface area (Å²) in [4.78, 5) is 0. The molecule has 3 heteroatoms. The first-order valence-corrected chi connectivity index (χ1v) is 11.1. The standard InChI is InChI=1S/C23H39BO2/c1-6-9-12-15-22-21-17-19(13-10-7-2)16-20(14-11-8-3)23(21)24(26-22)25-18(4)5/h16-18,22H,6-15H2,1-5H3/t22-/m0/s1. The highest BCUT2D eigenvalue weighted by molar-refractivity contribution is 6.63. The van der Waals surface area contributed by atoms with Crippen LogP contribution >= 0.6 is 0 Å². The maximum absolute atomic E-state index is 6.45. The van der Waals surface area contributed by atoms with E-state index in [-0.39, 0.29) is 19.3 Å². The molecule has 0 saturated carbocycles. The fourth-order valence-electron chi connectivity index (χ4n) is 3.90. The summed E-state index contributed by atoms with van der Waals surface area (Å²) >= 11 is 0. The summed E-state index contributed by atoms with van der Waals surface area (Å²) in [6.07, 6.45) is 12.6. The normalized spacial score (nSPS) is 16.5. The Hall–Kier alpha value is -0.795. The predicted molar refractivity (Wildman–Crippen MR) is 113 cm³/mol. The van der Waals surface area contributed by atoms with Crippen LogP contribution in [0.3, 0.4) is 0 Å². The third kappa shape index (κ3) is 5.86. The predicted octanol–water partition coefficient (Wildman–Crippen LogP) is 6.14. The molecule has 1 aromatic carbocycles. The molecule has 2 nitrogen and oxygen atoms in total. The van der Waals surface area contributed by atoms with E-state index in [4.69, 9.17) is 9.31 Å². The molecule has 1 aliphatic rings. The van der Waals surface area contributed by atoms with Gasteiger partial charge in [-0.25, -0.2) is 0 Å². The van der Waals surface area contributed by atoms with Crippen LogP contribution in [0.5, 0.6) is 0 Å². The van der Waals surface area contributed by atoms with Crippen molar-refractivity contribution in [1.29, 1.82) is 0 Å². The van der Waals surface area contributed by atoms with E-state index in [1.807, 2.05) is 0 Å². The van der Waals surface area contributed by atoms with Crippen LogP contribution in [0, 0.1) is 0 Å². The van der Waals surface area contributed by atoms with Crippen molar-refractivity contribution in [3.8, 4) is 0 Å². The molecular weight excluding hydrogens is 319 g/mol. The van der Waals surface area contributed by atoms with Gasteiger partial charge in [-0.1, -0.05) is 65.0 Å². The lowest BCUT2D eigenvalue weighted by Gasteiger charge is -2.16. The van der Waals surface area contributed by atoms with E-state index in [2.05, 4.69) is 46.8 Å². The largest absolute Gasteiger partial charge is 0.495 e. The lowest BCUT2D eigenvalue weighted by atomic mass is 9.73. The zero-order valence-corrected chi connectivity index (χ0v) is 17.8. The number of aryl methyl sites for hydroxylation is 2. The van der Waals surface area contributed by atoms with Crippen LogP contribution in [0.15, 0.2) is 12.1 Å². The van der Waals surface area contributed by atoms with Crippen molar-refractivity contribution in [3.63, 3.8) is 0 Å². The van der Waals surface area contributed by atoms with E-state index < -0.39 is 0 Å². The van der Waals surface area contributed by atoms with Crippen molar-refractivity contribution < 1.29 is 9.31 Å². The van der Waals surface area contributed by atoms with Crippen molar-refractivity contribution in [2.24, 2.45) is 0 Å². The fraction of sp³-hybridized carbons (Fsp3) is 0.739. The summed E-state index contributed by atoms with van der Waals surface area (Å²) in [5.41, 5.74) is 5.74. The summed E-state index contributed by atoms with van der Waals surface area (Å²) in [7, 11) is -0.177. The summed E-state index contributed by atoms with van der Waals surface area (Å²) in [6, 6.07) is 4.87. The number of unbranched alkanes of at least 4 members (excludes halogenated alkanes) is 4. The van der Waals surface area contributed by atoms with Gasteiger partial charge in [0.05, 0.1) is 6.10 Å². The smallest absolute Gasteiger partial charge is 0.405 e. The van der Waals surface area contributed by atoms with E-state index in [0.717, 1.165) is 12.8 Å². The summed E-state index contributed by atoms with van der Waals surface area (Å²) in [6.45, 7) is 11.0. The molecule has 0 aliphatic carbocycles. The van der Waals surface area contributed by atoms with Gasteiger partial charge in [-0.3, -0.25) is 0 Å². The molecule has 2 rings (SSSR count). The number of hydrogen-bond donors (Lipinski definition) is 0. The topological polar surface area (TPSA) is 18.5 Å². The lowest BCUT2D eigenvalue weighted by Crippen LogP contribution is -2.37. The van der Waals surface area contributed by atoms with E-state index in [1.165, 1.54) is 73.5 Å². The van der Waals surface area contributed by atoms with Crippen LogP contribution in [0.2, 0.25) is 0 Å². The van der Waals surface area contributed by atoms with E-state index >= 15 is 0 Å². The Balaban J connectivity index is 2.34. The highest BCUT2D eigenvalue weighted by Crippen LogP contribution is 2.33. The minimum Gasteiger partial charge on any atom is -0.405 e. The summed E-state index contributed by atoms with van der Waals surface area (Å²) in [5, 5.41) is 0. The van der Waals surface area contributed by atoms with Gasteiger partial charge in [-0.2, -0.15) is 0 Å². The molecule has 26 heavy (non-hydrogen) atoms. The van der Waals surface area contributed by atoms with E-state index in [1.54, 1.807) is 0 Å². The summed E-state index contributed by atoms with van der Waals surface area (Å²) in [5.74, 6) is 0. The molecule has 1 aliphatic heterocycles. The highest BCUT2D eigenvalue weighted by atomic mass is 16.6. The molecule has 0 spiro atoms. The minimum atomic E-state index is -0.177.